The number of hydrazine groups is 1. The second-order valence-corrected chi connectivity index (χ2v) is 5.18. The third-order valence-corrected chi connectivity index (χ3v) is 4.19. The summed E-state index contributed by atoms with van der Waals surface area (Å²) in [5, 5.41) is 1.21. The monoisotopic (exact) mass is 258 g/mol. The van der Waals surface area contributed by atoms with Gasteiger partial charge in [0, 0.05) is 6.04 Å². The second kappa shape index (κ2) is 5.37. The maximum absolute atomic E-state index is 6.18. The Hall–Kier alpha value is -0.280. The number of hydrogen-bond acceptors (Lipinski definition) is 2. The molecule has 3 N–H and O–H groups in total. The predicted molar refractivity (Wildman–Crippen MR) is 68.5 cm³/mol. The Morgan fingerprint density at radius 1 is 1.38 bits per heavy atom. The van der Waals surface area contributed by atoms with Crippen molar-refractivity contribution in [1.82, 2.24) is 5.43 Å². The minimum Gasteiger partial charge on any atom is -0.271 e. The van der Waals surface area contributed by atoms with Gasteiger partial charge in [-0.05, 0) is 24.0 Å². The molecule has 1 saturated carbocycles. The summed E-state index contributed by atoms with van der Waals surface area (Å²) in [6, 6.07) is 5.80. The highest BCUT2D eigenvalue weighted by atomic mass is 35.5. The van der Waals surface area contributed by atoms with Crippen molar-refractivity contribution < 1.29 is 0 Å². The van der Waals surface area contributed by atoms with E-state index in [2.05, 4.69) is 5.43 Å². The SMILES string of the molecule is NNC(CC1CCC1)c1cccc(Cl)c1Cl. The molecular weight excluding hydrogens is 243 g/mol. The first kappa shape index (κ1) is 12.2. The Bertz CT molecular complexity index is 364. The lowest BCUT2D eigenvalue weighted by atomic mass is 9.80. The van der Waals surface area contributed by atoms with Gasteiger partial charge in [0.25, 0.3) is 0 Å². The Labute approximate surface area is 106 Å². The van der Waals surface area contributed by atoms with Crippen LogP contribution in [0, 0.1) is 5.92 Å². The van der Waals surface area contributed by atoms with E-state index in [1.807, 2.05) is 12.1 Å². The van der Waals surface area contributed by atoms with Gasteiger partial charge in [0.2, 0.25) is 0 Å². The zero-order valence-corrected chi connectivity index (χ0v) is 10.6. The minimum absolute atomic E-state index is 0.108. The average Bonchev–Trinajstić information content (AvgIpc) is 2.22. The lowest BCUT2D eigenvalue weighted by Crippen LogP contribution is -2.31. The summed E-state index contributed by atoms with van der Waals surface area (Å²) in [6.07, 6.45) is 4.98. The first-order chi connectivity index (χ1) is 7.72. The molecular formula is C12H16Cl2N2. The Balaban J connectivity index is 2.15. The fourth-order valence-electron chi connectivity index (χ4n) is 2.14. The minimum atomic E-state index is 0.108. The number of nitrogens with two attached hydrogens (primary N) is 1. The van der Waals surface area contributed by atoms with Crippen LogP contribution in [0.3, 0.4) is 0 Å². The average molecular weight is 259 g/mol. The van der Waals surface area contributed by atoms with Gasteiger partial charge in [0.1, 0.15) is 0 Å². The molecule has 1 aliphatic rings. The van der Waals surface area contributed by atoms with Crippen LogP contribution in [0.25, 0.3) is 0 Å². The van der Waals surface area contributed by atoms with Gasteiger partial charge in [-0.2, -0.15) is 0 Å². The molecule has 16 heavy (non-hydrogen) atoms. The van der Waals surface area contributed by atoms with Crippen molar-refractivity contribution in [3.05, 3.63) is 33.8 Å². The van der Waals surface area contributed by atoms with E-state index in [0.29, 0.717) is 10.0 Å². The van der Waals surface area contributed by atoms with Crippen molar-refractivity contribution in [3.8, 4) is 0 Å². The topological polar surface area (TPSA) is 38.0 Å². The summed E-state index contributed by atoms with van der Waals surface area (Å²) in [4.78, 5) is 0. The molecule has 0 radical (unpaired) electrons. The van der Waals surface area contributed by atoms with E-state index in [-0.39, 0.29) is 6.04 Å². The van der Waals surface area contributed by atoms with E-state index < -0.39 is 0 Å². The quantitative estimate of drug-likeness (QED) is 0.639. The van der Waals surface area contributed by atoms with Crippen LogP contribution >= 0.6 is 23.2 Å². The maximum Gasteiger partial charge on any atom is 0.0640 e. The molecule has 0 heterocycles. The Kier molecular flexibility index (Phi) is 4.09. The molecule has 1 atom stereocenters. The van der Waals surface area contributed by atoms with Crippen LogP contribution in [0.1, 0.15) is 37.3 Å². The van der Waals surface area contributed by atoms with Crippen LogP contribution in [-0.4, -0.2) is 0 Å². The molecule has 1 aliphatic carbocycles. The zero-order valence-electron chi connectivity index (χ0n) is 9.05. The van der Waals surface area contributed by atoms with Crippen molar-refractivity contribution in [1.29, 1.82) is 0 Å². The van der Waals surface area contributed by atoms with Crippen LogP contribution in [0.15, 0.2) is 18.2 Å². The van der Waals surface area contributed by atoms with Crippen molar-refractivity contribution >= 4 is 23.2 Å². The van der Waals surface area contributed by atoms with E-state index in [1.54, 1.807) is 6.07 Å². The van der Waals surface area contributed by atoms with Gasteiger partial charge < -0.3 is 0 Å². The molecule has 0 saturated heterocycles. The lowest BCUT2D eigenvalue weighted by molar-refractivity contribution is 0.262. The van der Waals surface area contributed by atoms with Crippen molar-refractivity contribution in [2.24, 2.45) is 11.8 Å². The molecule has 0 bridgehead atoms. The fraction of sp³-hybridized carbons (Fsp3) is 0.500. The van der Waals surface area contributed by atoms with Crippen LogP contribution in [0.4, 0.5) is 0 Å². The molecule has 1 unspecified atom stereocenters. The van der Waals surface area contributed by atoms with E-state index in [1.165, 1.54) is 19.3 Å². The molecule has 0 aliphatic heterocycles. The highest BCUT2D eigenvalue weighted by Crippen LogP contribution is 2.37. The van der Waals surface area contributed by atoms with Crippen LogP contribution in [0.5, 0.6) is 0 Å². The molecule has 1 aromatic rings. The molecule has 2 nitrogen and oxygen atoms in total. The predicted octanol–water partition coefficient (Wildman–Crippen LogP) is 3.69. The first-order valence-electron chi connectivity index (χ1n) is 5.62. The smallest absolute Gasteiger partial charge is 0.0640 e. The molecule has 0 amide bonds. The summed E-state index contributed by atoms with van der Waals surface area (Å²) >= 11 is 12.2. The number of rotatable bonds is 4. The summed E-state index contributed by atoms with van der Waals surface area (Å²) in [5.74, 6) is 6.37. The van der Waals surface area contributed by atoms with Gasteiger partial charge in [-0.15, -0.1) is 0 Å². The van der Waals surface area contributed by atoms with Gasteiger partial charge >= 0.3 is 0 Å². The van der Waals surface area contributed by atoms with Crippen molar-refractivity contribution in [2.75, 3.05) is 0 Å². The molecule has 4 heteroatoms. The molecule has 1 aromatic carbocycles. The largest absolute Gasteiger partial charge is 0.271 e. The molecule has 0 spiro atoms. The van der Waals surface area contributed by atoms with Crippen LogP contribution in [-0.2, 0) is 0 Å². The van der Waals surface area contributed by atoms with E-state index in [4.69, 9.17) is 29.0 Å². The zero-order chi connectivity index (χ0) is 11.5. The standard InChI is InChI=1S/C12H16Cl2N2/c13-10-6-2-5-9(12(10)14)11(16-15)7-8-3-1-4-8/h2,5-6,8,11,16H,1,3-4,7,15H2. The number of nitrogens with one attached hydrogen (secondary N) is 1. The van der Waals surface area contributed by atoms with Gasteiger partial charge in [-0.25, -0.2) is 0 Å². The summed E-state index contributed by atoms with van der Waals surface area (Å²) in [6.45, 7) is 0. The third-order valence-electron chi connectivity index (χ3n) is 3.35. The van der Waals surface area contributed by atoms with E-state index in [0.717, 1.165) is 17.9 Å². The van der Waals surface area contributed by atoms with Gasteiger partial charge in [-0.3, -0.25) is 11.3 Å². The molecule has 2 rings (SSSR count). The Morgan fingerprint density at radius 2 is 2.12 bits per heavy atom. The Morgan fingerprint density at radius 3 is 2.69 bits per heavy atom. The number of halogens is 2. The summed E-state index contributed by atoms with van der Waals surface area (Å²) in [7, 11) is 0. The van der Waals surface area contributed by atoms with Crippen LogP contribution in [0.2, 0.25) is 10.0 Å². The molecule has 0 aromatic heterocycles. The van der Waals surface area contributed by atoms with Crippen LogP contribution < -0.4 is 11.3 Å². The number of hydrogen-bond donors (Lipinski definition) is 2. The van der Waals surface area contributed by atoms with E-state index >= 15 is 0 Å². The van der Waals surface area contributed by atoms with Gasteiger partial charge in [0.05, 0.1) is 10.0 Å². The lowest BCUT2D eigenvalue weighted by Gasteiger charge is -2.30. The highest BCUT2D eigenvalue weighted by Gasteiger charge is 2.24. The van der Waals surface area contributed by atoms with Gasteiger partial charge in [-0.1, -0.05) is 54.6 Å². The fourth-order valence-corrected chi connectivity index (χ4v) is 2.58. The molecule has 1 fully saturated rings. The summed E-state index contributed by atoms with van der Waals surface area (Å²) in [5.41, 5.74) is 3.85. The maximum atomic E-state index is 6.18. The van der Waals surface area contributed by atoms with Gasteiger partial charge in [0.15, 0.2) is 0 Å². The summed E-state index contributed by atoms with van der Waals surface area (Å²) < 4.78 is 0. The first-order valence-corrected chi connectivity index (χ1v) is 6.38. The third kappa shape index (κ3) is 2.51. The molecule has 88 valence electrons. The highest BCUT2D eigenvalue weighted by molar-refractivity contribution is 6.42. The van der Waals surface area contributed by atoms with E-state index in [9.17, 15) is 0 Å². The van der Waals surface area contributed by atoms with Crippen molar-refractivity contribution in [2.45, 2.75) is 31.7 Å². The normalized spacial score (nSPS) is 18.2. The van der Waals surface area contributed by atoms with Crippen molar-refractivity contribution in [3.63, 3.8) is 0 Å². The second-order valence-electron chi connectivity index (χ2n) is 4.39. The number of benzene rings is 1.